The van der Waals surface area contributed by atoms with Gasteiger partial charge in [-0.05, 0) is 49.2 Å². The van der Waals surface area contributed by atoms with Crippen molar-refractivity contribution in [2.45, 2.75) is 32.5 Å². The van der Waals surface area contributed by atoms with Crippen molar-refractivity contribution in [3.05, 3.63) is 94.7 Å². The molecule has 1 aromatic heterocycles. The van der Waals surface area contributed by atoms with E-state index in [0.29, 0.717) is 28.3 Å². The molecule has 0 amide bonds. The number of ether oxygens (including phenoxy) is 1. The Bertz CT molecular complexity index is 1230. The predicted molar refractivity (Wildman–Crippen MR) is 123 cm³/mol. The van der Waals surface area contributed by atoms with Crippen LogP contribution in [-0.2, 0) is 6.18 Å². The summed E-state index contributed by atoms with van der Waals surface area (Å²) in [5, 5.41) is 0.627. The summed E-state index contributed by atoms with van der Waals surface area (Å²) in [4.78, 5) is 5.45. The average molecular weight is 472 g/mol. The summed E-state index contributed by atoms with van der Waals surface area (Å²) in [6.45, 7) is 3.83. The summed E-state index contributed by atoms with van der Waals surface area (Å²) in [5.74, 6) is 0.200. The molecular weight excluding hydrogens is 450 g/mol. The van der Waals surface area contributed by atoms with Crippen molar-refractivity contribution in [1.29, 1.82) is 0 Å². The fraction of sp³-hybridized carbons (Fsp3) is 0.192. The SMILES string of the molecule is CCC(Oc1ccc(F)c(-c2ccccc2)c1)c1sc(-c2ccc(C(F)(F)F)cc2)nc1C. The Labute approximate surface area is 193 Å². The second kappa shape index (κ2) is 9.35. The van der Waals surface area contributed by atoms with Gasteiger partial charge in [0, 0.05) is 11.1 Å². The highest BCUT2D eigenvalue weighted by atomic mass is 32.1. The van der Waals surface area contributed by atoms with Gasteiger partial charge in [-0.2, -0.15) is 13.2 Å². The minimum absolute atomic E-state index is 0.320. The Morgan fingerprint density at radius 3 is 2.27 bits per heavy atom. The molecule has 7 heteroatoms. The number of aryl methyl sites for hydroxylation is 1. The lowest BCUT2D eigenvalue weighted by Gasteiger charge is -2.18. The lowest BCUT2D eigenvalue weighted by atomic mass is 10.0. The van der Waals surface area contributed by atoms with Crippen LogP contribution in [0.4, 0.5) is 17.6 Å². The highest BCUT2D eigenvalue weighted by Crippen LogP contribution is 2.38. The molecule has 0 aliphatic heterocycles. The minimum atomic E-state index is -4.38. The molecule has 0 aliphatic rings. The number of hydrogen-bond acceptors (Lipinski definition) is 3. The van der Waals surface area contributed by atoms with Gasteiger partial charge in [0.15, 0.2) is 0 Å². The van der Waals surface area contributed by atoms with Gasteiger partial charge in [0.2, 0.25) is 0 Å². The first kappa shape index (κ1) is 23.0. The number of nitrogens with zero attached hydrogens (tertiary/aromatic N) is 1. The fourth-order valence-electron chi connectivity index (χ4n) is 3.54. The maximum atomic E-state index is 14.4. The molecule has 4 aromatic rings. The van der Waals surface area contributed by atoms with Crippen molar-refractivity contribution in [2.75, 3.05) is 0 Å². The number of thiazole rings is 1. The Hall–Kier alpha value is -3.19. The molecule has 170 valence electrons. The molecule has 0 fully saturated rings. The largest absolute Gasteiger partial charge is 0.485 e. The average Bonchev–Trinajstić information content (AvgIpc) is 3.20. The van der Waals surface area contributed by atoms with Crippen molar-refractivity contribution in [1.82, 2.24) is 4.98 Å². The second-order valence-corrected chi connectivity index (χ2v) is 8.60. The van der Waals surface area contributed by atoms with E-state index in [1.165, 1.54) is 29.5 Å². The summed E-state index contributed by atoms with van der Waals surface area (Å²) in [6.07, 6.45) is -4.05. The van der Waals surface area contributed by atoms with Gasteiger partial charge in [0.05, 0.1) is 16.1 Å². The summed E-state index contributed by atoms with van der Waals surface area (Å²) in [6, 6.07) is 18.9. The molecule has 2 nitrogen and oxygen atoms in total. The van der Waals surface area contributed by atoms with E-state index in [1.807, 2.05) is 44.2 Å². The quantitative estimate of drug-likeness (QED) is 0.263. The van der Waals surface area contributed by atoms with Crippen LogP contribution in [0, 0.1) is 12.7 Å². The molecule has 0 saturated heterocycles. The number of benzene rings is 3. The van der Waals surface area contributed by atoms with Crippen molar-refractivity contribution in [3.8, 4) is 27.4 Å². The van der Waals surface area contributed by atoms with Crippen LogP contribution in [-0.4, -0.2) is 4.98 Å². The molecule has 4 rings (SSSR count). The summed E-state index contributed by atoms with van der Waals surface area (Å²) >= 11 is 1.39. The van der Waals surface area contributed by atoms with Gasteiger partial charge in [-0.25, -0.2) is 9.37 Å². The van der Waals surface area contributed by atoms with E-state index in [-0.39, 0.29) is 11.9 Å². The molecule has 3 aromatic carbocycles. The standard InChI is InChI=1S/C26H21F4NOS/c1-3-23(32-20-13-14-22(27)21(15-20)17-7-5-4-6-8-17)24-16(2)31-25(33-24)18-9-11-19(12-10-18)26(28,29)30/h4-15,23H,3H2,1-2H3. The molecular formula is C26H21F4NOS. The number of halogens is 4. The molecule has 1 atom stereocenters. The highest BCUT2D eigenvalue weighted by molar-refractivity contribution is 7.15. The van der Waals surface area contributed by atoms with E-state index in [2.05, 4.69) is 4.98 Å². The van der Waals surface area contributed by atoms with E-state index in [4.69, 9.17) is 4.74 Å². The normalized spacial score (nSPS) is 12.5. The van der Waals surface area contributed by atoms with Crippen LogP contribution in [0.5, 0.6) is 5.75 Å². The van der Waals surface area contributed by atoms with Crippen LogP contribution in [0.15, 0.2) is 72.8 Å². The van der Waals surface area contributed by atoms with E-state index in [1.54, 1.807) is 12.1 Å². The van der Waals surface area contributed by atoms with Crippen LogP contribution < -0.4 is 4.74 Å². The monoisotopic (exact) mass is 471 g/mol. The van der Waals surface area contributed by atoms with Crippen molar-refractivity contribution in [2.24, 2.45) is 0 Å². The molecule has 0 N–H and O–H groups in total. The van der Waals surface area contributed by atoms with Gasteiger partial charge < -0.3 is 4.74 Å². The molecule has 0 saturated carbocycles. The summed E-state index contributed by atoms with van der Waals surface area (Å²) in [7, 11) is 0. The zero-order valence-electron chi connectivity index (χ0n) is 18.0. The van der Waals surface area contributed by atoms with Crippen molar-refractivity contribution in [3.63, 3.8) is 0 Å². The van der Waals surface area contributed by atoms with Crippen LogP contribution in [0.3, 0.4) is 0 Å². The topological polar surface area (TPSA) is 22.1 Å². The van der Waals surface area contributed by atoms with Crippen molar-refractivity contribution < 1.29 is 22.3 Å². The number of aromatic nitrogens is 1. The van der Waals surface area contributed by atoms with Gasteiger partial charge >= 0.3 is 6.18 Å². The molecule has 33 heavy (non-hydrogen) atoms. The highest BCUT2D eigenvalue weighted by Gasteiger charge is 2.30. The fourth-order valence-corrected chi connectivity index (χ4v) is 4.72. The van der Waals surface area contributed by atoms with E-state index < -0.39 is 11.7 Å². The lowest BCUT2D eigenvalue weighted by Crippen LogP contribution is -2.06. The molecule has 0 aliphatic carbocycles. The Kier molecular flexibility index (Phi) is 6.51. The molecule has 0 bridgehead atoms. The molecule has 0 radical (unpaired) electrons. The third-order valence-corrected chi connectivity index (χ3v) is 6.55. The van der Waals surface area contributed by atoms with E-state index in [9.17, 15) is 17.6 Å². The zero-order chi connectivity index (χ0) is 23.6. The Morgan fingerprint density at radius 1 is 0.939 bits per heavy atom. The third kappa shape index (κ3) is 5.09. The minimum Gasteiger partial charge on any atom is -0.485 e. The van der Waals surface area contributed by atoms with Crippen LogP contribution >= 0.6 is 11.3 Å². The third-order valence-electron chi connectivity index (χ3n) is 5.26. The van der Waals surface area contributed by atoms with E-state index >= 15 is 0 Å². The maximum absolute atomic E-state index is 14.4. The second-order valence-electron chi connectivity index (χ2n) is 7.57. The molecule has 0 spiro atoms. The van der Waals surface area contributed by atoms with Crippen LogP contribution in [0.1, 0.15) is 35.6 Å². The van der Waals surface area contributed by atoms with Crippen LogP contribution in [0.25, 0.3) is 21.7 Å². The lowest BCUT2D eigenvalue weighted by molar-refractivity contribution is -0.137. The number of hydrogen-bond donors (Lipinski definition) is 0. The number of alkyl halides is 3. The van der Waals surface area contributed by atoms with Gasteiger partial charge in [-0.3, -0.25) is 0 Å². The van der Waals surface area contributed by atoms with Gasteiger partial charge in [-0.1, -0.05) is 49.4 Å². The first-order valence-electron chi connectivity index (χ1n) is 10.4. The van der Waals surface area contributed by atoms with Crippen molar-refractivity contribution >= 4 is 11.3 Å². The Balaban J connectivity index is 1.60. The smallest absolute Gasteiger partial charge is 0.416 e. The maximum Gasteiger partial charge on any atom is 0.416 e. The van der Waals surface area contributed by atoms with Gasteiger partial charge in [0.25, 0.3) is 0 Å². The Morgan fingerprint density at radius 2 is 1.64 bits per heavy atom. The van der Waals surface area contributed by atoms with Crippen LogP contribution in [0.2, 0.25) is 0 Å². The first-order chi connectivity index (χ1) is 15.8. The zero-order valence-corrected chi connectivity index (χ0v) is 18.8. The molecule has 1 unspecified atom stereocenters. The van der Waals surface area contributed by atoms with E-state index in [0.717, 1.165) is 28.3 Å². The molecule has 1 heterocycles. The van der Waals surface area contributed by atoms with Gasteiger partial charge in [-0.15, -0.1) is 11.3 Å². The summed E-state index contributed by atoms with van der Waals surface area (Å²) in [5.41, 5.74) is 1.89. The summed E-state index contributed by atoms with van der Waals surface area (Å²) < 4.78 is 59.2. The van der Waals surface area contributed by atoms with Gasteiger partial charge in [0.1, 0.15) is 22.7 Å². The predicted octanol–water partition coefficient (Wildman–Crippen LogP) is 8.47. The number of rotatable bonds is 6. The first-order valence-corrected chi connectivity index (χ1v) is 11.2.